The molecule has 146 valence electrons. The molecule has 0 aromatic heterocycles. The summed E-state index contributed by atoms with van der Waals surface area (Å²) in [5.74, 6) is 10.1. The molecule has 6 saturated carbocycles. The molecule has 3 heteroatoms. The lowest BCUT2D eigenvalue weighted by atomic mass is 9.42. The predicted octanol–water partition coefficient (Wildman–Crippen LogP) is 3.18. The maximum atomic E-state index is 12.2. The molecule has 0 heterocycles. The Morgan fingerprint density at radius 2 is 1.74 bits per heavy atom. The summed E-state index contributed by atoms with van der Waals surface area (Å²) in [4.78, 5) is 12.2. The van der Waals surface area contributed by atoms with Crippen molar-refractivity contribution in [1.82, 2.24) is 0 Å². The Bertz CT molecular complexity index is 808. The van der Waals surface area contributed by atoms with E-state index in [0.717, 1.165) is 32.1 Å². The lowest BCUT2D eigenvalue weighted by molar-refractivity contribution is -0.218. The third-order valence-corrected chi connectivity index (χ3v) is 10.8. The number of fused-ring (bicyclic) bond motifs is 10. The Balaban J connectivity index is 1.45. The number of carbonyl (C=O) groups is 1. The van der Waals surface area contributed by atoms with Gasteiger partial charge in [0.15, 0.2) is 0 Å². The van der Waals surface area contributed by atoms with Crippen LogP contribution in [0.3, 0.4) is 0 Å². The van der Waals surface area contributed by atoms with E-state index >= 15 is 0 Å². The van der Waals surface area contributed by atoms with Crippen molar-refractivity contribution in [3.05, 3.63) is 0 Å². The maximum Gasteiger partial charge on any atom is 0.135 e. The second kappa shape index (κ2) is 4.65. The fourth-order valence-corrected chi connectivity index (χ4v) is 9.40. The minimum Gasteiger partial charge on any atom is -0.389 e. The van der Waals surface area contributed by atoms with Crippen LogP contribution in [-0.2, 0) is 4.79 Å². The quantitative estimate of drug-likeness (QED) is 0.646. The first-order valence-electron chi connectivity index (χ1n) is 11.1. The van der Waals surface area contributed by atoms with Crippen LogP contribution in [0.5, 0.6) is 0 Å². The molecule has 0 bridgehead atoms. The first-order valence-corrected chi connectivity index (χ1v) is 11.1. The zero-order valence-electron chi connectivity index (χ0n) is 16.8. The topological polar surface area (TPSA) is 57.5 Å². The van der Waals surface area contributed by atoms with E-state index in [1.54, 1.807) is 0 Å². The van der Waals surface area contributed by atoms with Gasteiger partial charge in [-0.2, -0.15) is 0 Å². The van der Waals surface area contributed by atoms with Crippen molar-refractivity contribution < 1.29 is 15.0 Å². The summed E-state index contributed by atoms with van der Waals surface area (Å²) < 4.78 is 0. The summed E-state index contributed by atoms with van der Waals surface area (Å²) in [6, 6.07) is 0. The van der Waals surface area contributed by atoms with E-state index in [1.807, 2.05) is 6.92 Å². The second-order valence-electron chi connectivity index (χ2n) is 11.4. The Morgan fingerprint density at radius 1 is 1.00 bits per heavy atom. The zero-order valence-corrected chi connectivity index (χ0v) is 16.8. The van der Waals surface area contributed by atoms with Gasteiger partial charge >= 0.3 is 0 Å². The maximum absolute atomic E-state index is 12.2. The molecular formula is C24H32O3. The third-order valence-electron chi connectivity index (χ3n) is 10.8. The van der Waals surface area contributed by atoms with E-state index in [4.69, 9.17) is 0 Å². The zero-order chi connectivity index (χ0) is 19.0. The molecule has 0 radical (unpaired) electrons. The first-order chi connectivity index (χ1) is 12.7. The van der Waals surface area contributed by atoms with Gasteiger partial charge in [-0.1, -0.05) is 19.8 Å². The summed E-state index contributed by atoms with van der Waals surface area (Å²) in [5.41, 5.74) is -1.83. The van der Waals surface area contributed by atoms with Crippen LogP contribution in [0.15, 0.2) is 0 Å². The Labute approximate surface area is 162 Å². The minimum atomic E-state index is -0.816. The average Bonchev–Trinajstić information content (AvgIpc) is 3.49. The average molecular weight is 369 g/mol. The lowest BCUT2D eigenvalue weighted by Crippen LogP contribution is -2.65. The van der Waals surface area contributed by atoms with Crippen molar-refractivity contribution in [2.24, 2.45) is 52.3 Å². The summed E-state index contributed by atoms with van der Waals surface area (Å²) in [6.45, 7) is 6.47. The highest BCUT2D eigenvalue weighted by atomic mass is 16.3. The van der Waals surface area contributed by atoms with Crippen LogP contribution < -0.4 is 0 Å². The van der Waals surface area contributed by atoms with Crippen LogP contribution in [0.2, 0.25) is 0 Å². The molecule has 0 spiro atoms. The minimum absolute atomic E-state index is 0.103. The van der Waals surface area contributed by atoms with Gasteiger partial charge in [-0.05, 0) is 74.5 Å². The van der Waals surface area contributed by atoms with Gasteiger partial charge in [0.25, 0.3) is 0 Å². The van der Waals surface area contributed by atoms with Crippen LogP contribution in [0.1, 0.15) is 65.7 Å². The van der Waals surface area contributed by atoms with Gasteiger partial charge in [0, 0.05) is 29.6 Å². The highest BCUT2D eigenvalue weighted by molar-refractivity contribution is 5.81. The second-order valence-corrected chi connectivity index (χ2v) is 11.4. The standard InChI is InChI=1S/C24H32O3/c1-4-7-23(26)18-11-15(18)20-19-14-10-17(14)24(27)12-13(25)5-8-21(24,2)16(19)6-9-22(20,23)3/h14-20,26-27H,5-6,8-12H2,1-3H3/t14?,15?,16?,17-,18?,19?,20?,21-,22+,23+,24-/m1/s1. The van der Waals surface area contributed by atoms with Crippen molar-refractivity contribution >= 4 is 5.78 Å². The number of hydrogen-bond donors (Lipinski definition) is 2. The Kier molecular flexibility index (Phi) is 2.94. The van der Waals surface area contributed by atoms with Crippen molar-refractivity contribution in [2.75, 3.05) is 0 Å². The number of rotatable bonds is 0. The Morgan fingerprint density at radius 3 is 2.48 bits per heavy atom. The van der Waals surface area contributed by atoms with E-state index in [9.17, 15) is 15.0 Å². The lowest BCUT2D eigenvalue weighted by Gasteiger charge is -2.63. The Hall–Kier alpha value is -0.850. The number of carbonyl (C=O) groups excluding carboxylic acids is 1. The van der Waals surface area contributed by atoms with E-state index < -0.39 is 11.2 Å². The molecule has 3 nitrogen and oxygen atoms in total. The van der Waals surface area contributed by atoms with Gasteiger partial charge < -0.3 is 10.2 Å². The molecule has 2 N–H and O–H groups in total. The summed E-state index contributed by atoms with van der Waals surface area (Å²) in [5, 5.41) is 23.4. The summed E-state index contributed by atoms with van der Waals surface area (Å²) in [6.07, 6.45) is 6.16. The van der Waals surface area contributed by atoms with Crippen LogP contribution in [0.4, 0.5) is 0 Å². The van der Waals surface area contributed by atoms with Gasteiger partial charge in [0.2, 0.25) is 0 Å². The SMILES string of the molecule is CC#C[C@]1(O)C2CC2C2C3C4C[C@H]4[C@]4(O)CC(=O)CC[C@]4(C)C3CC[C@@]21C. The smallest absolute Gasteiger partial charge is 0.135 e. The van der Waals surface area contributed by atoms with E-state index in [0.29, 0.717) is 54.3 Å². The van der Waals surface area contributed by atoms with E-state index in [-0.39, 0.29) is 16.6 Å². The highest BCUT2D eigenvalue weighted by Gasteiger charge is 2.81. The molecular weight excluding hydrogens is 336 g/mol. The molecule has 6 aliphatic carbocycles. The largest absolute Gasteiger partial charge is 0.389 e. The first kappa shape index (κ1) is 17.0. The van der Waals surface area contributed by atoms with Crippen molar-refractivity contribution in [1.29, 1.82) is 0 Å². The summed E-state index contributed by atoms with van der Waals surface area (Å²) >= 11 is 0. The molecule has 0 aliphatic heterocycles. The fraction of sp³-hybridized carbons (Fsp3) is 0.875. The third kappa shape index (κ3) is 1.66. The number of aliphatic hydroxyl groups is 2. The molecule has 6 fully saturated rings. The fourth-order valence-electron chi connectivity index (χ4n) is 9.40. The molecule has 0 saturated heterocycles. The van der Waals surface area contributed by atoms with Gasteiger partial charge in [-0.15, -0.1) is 5.92 Å². The van der Waals surface area contributed by atoms with Gasteiger partial charge in [0.1, 0.15) is 11.4 Å². The number of hydrogen-bond acceptors (Lipinski definition) is 3. The van der Waals surface area contributed by atoms with Gasteiger partial charge in [-0.25, -0.2) is 0 Å². The monoisotopic (exact) mass is 368 g/mol. The van der Waals surface area contributed by atoms with E-state index in [1.165, 1.54) is 0 Å². The number of Topliss-reactive ketones (excluding diaryl/α,β-unsaturated/α-hetero) is 1. The molecule has 0 aromatic carbocycles. The molecule has 27 heavy (non-hydrogen) atoms. The normalized spacial score (nSPS) is 64.9. The van der Waals surface area contributed by atoms with Gasteiger partial charge in [0.05, 0.1) is 5.60 Å². The van der Waals surface area contributed by atoms with Crippen LogP contribution in [0.25, 0.3) is 0 Å². The van der Waals surface area contributed by atoms with Crippen LogP contribution in [0, 0.1) is 64.1 Å². The molecule has 0 amide bonds. The van der Waals surface area contributed by atoms with E-state index in [2.05, 4.69) is 25.7 Å². The highest BCUT2D eigenvalue weighted by Crippen LogP contribution is 2.81. The van der Waals surface area contributed by atoms with Crippen LogP contribution in [-0.4, -0.2) is 27.2 Å². The molecule has 6 aliphatic rings. The molecule has 11 atom stereocenters. The van der Waals surface area contributed by atoms with Gasteiger partial charge in [-0.3, -0.25) is 4.79 Å². The molecule has 6 rings (SSSR count). The molecule has 0 aromatic rings. The van der Waals surface area contributed by atoms with Crippen LogP contribution >= 0.6 is 0 Å². The summed E-state index contributed by atoms with van der Waals surface area (Å²) in [7, 11) is 0. The molecule has 6 unspecified atom stereocenters. The van der Waals surface area contributed by atoms with Crippen molar-refractivity contribution in [3.8, 4) is 11.8 Å². The van der Waals surface area contributed by atoms with Crippen molar-refractivity contribution in [3.63, 3.8) is 0 Å². The number of ketones is 1. The predicted molar refractivity (Wildman–Crippen MR) is 101 cm³/mol. The van der Waals surface area contributed by atoms with Crippen molar-refractivity contribution in [2.45, 2.75) is 76.9 Å².